The van der Waals surface area contributed by atoms with Crippen molar-refractivity contribution in [1.29, 1.82) is 0 Å². The summed E-state index contributed by atoms with van der Waals surface area (Å²) in [6.45, 7) is 2.69. The Kier molecular flexibility index (Phi) is 4.53. The van der Waals surface area contributed by atoms with Crippen LogP contribution in [-0.2, 0) is 17.7 Å². The van der Waals surface area contributed by atoms with Gasteiger partial charge in [-0.3, -0.25) is 9.48 Å². The van der Waals surface area contributed by atoms with Crippen molar-refractivity contribution in [3.05, 3.63) is 63.2 Å². The summed E-state index contributed by atoms with van der Waals surface area (Å²) in [7, 11) is 0. The third-order valence-corrected chi connectivity index (χ3v) is 4.74. The summed E-state index contributed by atoms with van der Waals surface area (Å²) in [4.78, 5) is 25.3. The van der Waals surface area contributed by atoms with Gasteiger partial charge in [0.15, 0.2) is 0 Å². The molecule has 138 valence electrons. The van der Waals surface area contributed by atoms with E-state index in [0.717, 1.165) is 30.6 Å². The summed E-state index contributed by atoms with van der Waals surface area (Å²) >= 11 is 5.96. The number of rotatable bonds is 4. The molecule has 8 heteroatoms. The number of aryl methyl sites for hydroxylation is 1. The van der Waals surface area contributed by atoms with Crippen LogP contribution in [0, 0.1) is 0 Å². The molecule has 7 nitrogen and oxygen atoms in total. The second-order valence-corrected chi connectivity index (χ2v) is 6.63. The first-order valence-electron chi connectivity index (χ1n) is 8.71. The van der Waals surface area contributed by atoms with Crippen LogP contribution in [0.25, 0.3) is 16.9 Å². The number of carbonyl (C=O) groups excluding carboxylic acids is 1. The van der Waals surface area contributed by atoms with Crippen molar-refractivity contribution in [2.75, 3.05) is 6.61 Å². The molecule has 0 atom stereocenters. The first kappa shape index (κ1) is 17.5. The molecular formula is C19H17ClN4O3. The second-order valence-electron chi connectivity index (χ2n) is 6.19. The Morgan fingerprint density at radius 3 is 2.81 bits per heavy atom. The van der Waals surface area contributed by atoms with Crippen molar-refractivity contribution in [2.24, 2.45) is 0 Å². The van der Waals surface area contributed by atoms with E-state index in [9.17, 15) is 9.59 Å². The Morgan fingerprint density at radius 1 is 1.30 bits per heavy atom. The van der Waals surface area contributed by atoms with Crippen molar-refractivity contribution in [3.8, 4) is 16.9 Å². The maximum atomic E-state index is 13.0. The number of ether oxygens (including phenoxy) is 1. The summed E-state index contributed by atoms with van der Waals surface area (Å²) in [5.41, 5.74) is 2.17. The van der Waals surface area contributed by atoms with Gasteiger partial charge in [-0.05, 0) is 38.0 Å². The maximum Gasteiger partial charge on any atom is 0.343 e. The lowest BCUT2D eigenvalue weighted by molar-refractivity contribution is 0.0523. The fraction of sp³-hybridized carbons (Fsp3) is 0.263. The van der Waals surface area contributed by atoms with E-state index in [2.05, 4.69) is 10.2 Å². The molecule has 0 spiro atoms. The average Bonchev–Trinajstić information content (AvgIpc) is 3.27. The summed E-state index contributed by atoms with van der Waals surface area (Å²) in [5, 5.41) is 9.41. The molecule has 0 amide bonds. The van der Waals surface area contributed by atoms with Crippen LogP contribution in [0.3, 0.4) is 0 Å². The van der Waals surface area contributed by atoms with Gasteiger partial charge in [-0.2, -0.15) is 14.9 Å². The molecule has 4 rings (SSSR count). The van der Waals surface area contributed by atoms with Gasteiger partial charge in [0.2, 0.25) is 0 Å². The van der Waals surface area contributed by atoms with Gasteiger partial charge in [-0.15, -0.1) is 0 Å². The van der Waals surface area contributed by atoms with Crippen LogP contribution in [0.2, 0.25) is 5.02 Å². The maximum absolute atomic E-state index is 13.0. The number of esters is 1. The fourth-order valence-electron chi connectivity index (χ4n) is 3.20. The predicted molar refractivity (Wildman–Crippen MR) is 100 cm³/mol. The number of nitrogens with zero attached hydrogens (tertiary/aromatic N) is 4. The van der Waals surface area contributed by atoms with E-state index in [0.29, 0.717) is 16.4 Å². The van der Waals surface area contributed by atoms with Gasteiger partial charge < -0.3 is 4.74 Å². The Hall–Kier alpha value is -2.93. The number of hydrogen-bond acceptors (Lipinski definition) is 5. The molecule has 27 heavy (non-hydrogen) atoms. The van der Waals surface area contributed by atoms with Crippen LogP contribution in [0.5, 0.6) is 0 Å². The molecule has 3 aromatic rings. The molecule has 0 N–H and O–H groups in total. The van der Waals surface area contributed by atoms with E-state index < -0.39 is 11.5 Å². The van der Waals surface area contributed by atoms with E-state index in [1.165, 1.54) is 10.7 Å². The normalized spacial score (nSPS) is 12.8. The number of aromatic nitrogens is 4. The van der Waals surface area contributed by atoms with E-state index in [4.69, 9.17) is 16.3 Å². The van der Waals surface area contributed by atoms with Gasteiger partial charge in [0, 0.05) is 17.1 Å². The minimum atomic E-state index is -0.669. The van der Waals surface area contributed by atoms with Gasteiger partial charge in [0.25, 0.3) is 5.56 Å². The highest BCUT2D eigenvalue weighted by Gasteiger charge is 2.23. The molecule has 3 heterocycles. The Labute approximate surface area is 160 Å². The van der Waals surface area contributed by atoms with Crippen LogP contribution >= 0.6 is 11.6 Å². The molecule has 1 aromatic carbocycles. The van der Waals surface area contributed by atoms with Gasteiger partial charge in [0.1, 0.15) is 11.3 Å². The zero-order chi connectivity index (χ0) is 19.0. The number of carbonyl (C=O) groups is 1. The van der Waals surface area contributed by atoms with Gasteiger partial charge in [-0.25, -0.2) is 4.79 Å². The molecule has 1 aliphatic heterocycles. The van der Waals surface area contributed by atoms with Crippen LogP contribution in [-0.4, -0.2) is 32.1 Å². The topological polar surface area (TPSA) is 79.0 Å². The summed E-state index contributed by atoms with van der Waals surface area (Å²) < 4.78 is 8.18. The molecule has 0 fully saturated rings. The molecule has 0 aliphatic carbocycles. The van der Waals surface area contributed by atoms with Crippen molar-refractivity contribution in [1.82, 2.24) is 19.6 Å². The SMILES string of the molecule is CCOC(=O)c1cc(-c2ccc(Cl)cc2)nn(-c2cnn3c2CCC3)c1=O. The fourth-order valence-corrected chi connectivity index (χ4v) is 3.32. The third kappa shape index (κ3) is 3.14. The molecule has 0 radical (unpaired) electrons. The molecule has 0 saturated carbocycles. The monoisotopic (exact) mass is 384 g/mol. The van der Waals surface area contributed by atoms with Crippen LogP contribution in [0.15, 0.2) is 41.3 Å². The van der Waals surface area contributed by atoms with Crippen LogP contribution in [0.1, 0.15) is 29.4 Å². The minimum absolute atomic E-state index is 0.0604. The minimum Gasteiger partial charge on any atom is -0.462 e. The average molecular weight is 385 g/mol. The molecule has 0 saturated heterocycles. The zero-order valence-electron chi connectivity index (χ0n) is 14.7. The predicted octanol–water partition coefficient (Wildman–Crippen LogP) is 2.87. The van der Waals surface area contributed by atoms with Crippen LogP contribution in [0.4, 0.5) is 0 Å². The lowest BCUT2D eigenvalue weighted by Crippen LogP contribution is -2.29. The van der Waals surface area contributed by atoms with Crippen molar-refractivity contribution in [2.45, 2.75) is 26.3 Å². The molecule has 2 aromatic heterocycles. The van der Waals surface area contributed by atoms with Gasteiger partial charge in [0.05, 0.1) is 24.2 Å². The molecular weight excluding hydrogens is 368 g/mol. The highest BCUT2D eigenvalue weighted by molar-refractivity contribution is 6.30. The van der Waals surface area contributed by atoms with Crippen LogP contribution < -0.4 is 5.56 Å². The van der Waals surface area contributed by atoms with Gasteiger partial charge in [-0.1, -0.05) is 23.7 Å². The summed E-state index contributed by atoms with van der Waals surface area (Å²) in [5.74, 6) is -0.669. The van der Waals surface area contributed by atoms with Crippen molar-refractivity contribution >= 4 is 17.6 Å². The summed E-state index contributed by atoms with van der Waals surface area (Å²) in [6, 6.07) is 8.50. The number of halogens is 1. The highest BCUT2D eigenvalue weighted by Crippen LogP contribution is 2.23. The van der Waals surface area contributed by atoms with E-state index >= 15 is 0 Å². The quantitative estimate of drug-likeness (QED) is 0.646. The largest absolute Gasteiger partial charge is 0.462 e. The van der Waals surface area contributed by atoms with Crippen molar-refractivity contribution in [3.63, 3.8) is 0 Å². The molecule has 1 aliphatic rings. The Balaban J connectivity index is 1.93. The highest BCUT2D eigenvalue weighted by atomic mass is 35.5. The van der Waals surface area contributed by atoms with Crippen molar-refractivity contribution < 1.29 is 9.53 Å². The van der Waals surface area contributed by atoms with E-state index in [-0.39, 0.29) is 12.2 Å². The summed E-state index contributed by atoms with van der Waals surface area (Å²) in [6.07, 6.45) is 3.39. The number of fused-ring (bicyclic) bond motifs is 1. The second kappa shape index (κ2) is 7.00. The number of benzene rings is 1. The smallest absolute Gasteiger partial charge is 0.343 e. The number of hydrogen-bond donors (Lipinski definition) is 0. The Bertz CT molecular complexity index is 1070. The molecule has 0 bridgehead atoms. The zero-order valence-corrected chi connectivity index (χ0v) is 15.4. The van der Waals surface area contributed by atoms with E-state index in [1.807, 2.05) is 4.68 Å². The molecule has 0 unspecified atom stereocenters. The lowest BCUT2D eigenvalue weighted by atomic mass is 10.1. The lowest BCUT2D eigenvalue weighted by Gasteiger charge is -2.10. The first-order valence-corrected chi connectivity index (χ1v) is 9.08. The standard InChI is InChI=1S/C19H17ClN4O3/c1-2-27-19(26)14-10-15(12-5-7-13(20)8-6-12)22-24(18(14)25)17-11-21-23-9-3-4-16(17)23/h5-8,10-11H,2-4,9H2,1H3. The Morgan fingerprint density at radius 2 is 2.07 bits per heavy atom. The van der Waals surface area contributed by atoms with Gasteiger partial charge >= 0.3 is 5.97 Å². The third-order valence-electron chi connectivity index (χ3n) is 4.49. The first-order chi connectivity index (χ1) is 13.1. The van der Waals surface area contributed by atoms with E-state index in [1.54, 1.807) is 37.4 Å².